The lowest BCUT2D eigenvalue weighted by atomic mass is 10.0. The van der Waals surface area contributed by atoms with Crippen LogP contribution in [0.1, 0.15) is 35.1 Å². The highest BCUT2D eigenvalue weighted by molar-refractivity contribution is 5.97. The third kappa shape index (κ3) is 2.97. The van der Waals surface area contributed by atoms with Crippen molar-refractivity contribution in [2.45, 2.75) is 33.7 Å². The molecule has 0 unspecified atom stereocenters. The molecule has 3 aromatic rings. The van der Waals surface area contributed by atoms with Gasteiger partial charge in [0.15, 0.2) is 0 Å². The SMILES string of the molecule is C=C(C)c1c(-c2cc(C)nc(C)c2)[nH]c2cc3c(nc12)CN(C(=O)O)CC3. The average molecular weight is 362 g/mol. The van der Waals surface area contributed by atoms with Crippen molar-refractivity contribution in [1.82, 2.24) is 19.9 Å². The van der Waals surface area contributed by atoms with E-state index < -0.39 is 6.09 Å². The fourth-order valence-electron chi connectivity index (χ4n) is 3.84. The number of rotatable bonds is 2. The van der Waals surface area contributed by atoms with E-state index in [0.29, 0.717) is 19.5 Å². The maximum Gasteiger partial charge on any atom is 0.407 e. The van der Waals surface area contributed by atoms with Gasteiger partial charge in [-0.2, -0.15) is 0 Å². The van der Waals surface area contributed by atoms with E-state index in [1.807, 2.05) is 20.8 Å². The van der Waals surface area contributed by atoms with Gasteiger partial charge in [-0.1, -0.05) is 6.58 Å². The molecule has 0 atom stereocenters. The third-order valence-corrected chi connectivity index (χ3v) is 5.00. The number of hydrogen-bond donors (Lipinski definition) is 2. The minimum atomic E-state index is -0.903. The summed E-state index contributed by atoms with van der Waals surface area (Å²) in [6, 6.07) is 6.21. The molecule has 0 bridgehead atoms. The van der Waals surface area contributed by atoms with E-state index in [-0.39, 0.29) is 0 Å². The van der Waals surface area contributed by atoms with Crippen molar-refractivity contribution >= 4 is 22.7 Å². The van der Waals surface area contributed by atoms with Gasteiger partial charge in [-0.15, -0.1) is 0 Å². The molecule has 0 saturated carbocycles. The topological polar surface area (TPSA) is 82.1 Å². The van der Waals surface area contributed by atoms with Crippen LogP contribution in [0.2, 0.25) is 0 Å². The van der Waals surface area contributed by atoms with E-state index in [1.165, 1.54) is 4.90 Å². The Bertz CT molecular complexity index is 1080. The summed E-state index contributed by atoms with van der Waals surface area (Å²) >= 11 is 0. The van der Waals surface area contributed by atoms with Gasteiger partial charge in [0.1, 0.15) is 0 Å². The van der Waals surface area contributed by atoms with Crippen LogP contribution in [0, 0.1) is 13.8 Å². The van der Waals surface area contributed by atoms with Crippen molar-refractivity contribution in [2.24, 2.45) is 0 Å². The normalized spacial score (nSPS) is 13.7. The summed E-state index contributed by atoms with van der Waals surface area (Å²) < 4.78 is 0. The quantitative estimate of drug-likeness (QED) is 0.712. The highest BCUT2D eigenvalue weighted by Gasteiger charge is 2.24. The summed E-state index contributed by atoms with van der Waals surface area (Å²) in [6.07, 6.45) is -0.227. The second-order valence-electron chi connectivity index (χ2n) is 7.24. The summed E-state index contributed by atoms with van der Waals surface area (Å²) in [5, 5.41) is 9.30. The molecule has 6 heteroatoms. The molecule has 1 aliphatic heterocycles. The highest BCUT2D eigenvalue weighted by atomic mass is 16.4. The summed E-state index contributed by atoms with van der Waals surface area (Å²) in [4.78, 5) is 25.6. The number of fused-ring (bicyclic) bond motifs is 2. The van der Waals surface area contributed by atoms with E-state index in [1.54, 1.807) is 0 Å². The average Bonchev–Trinajstić information content (AvgIpc) is 2.96. The first-order chi connectivity index (χ1) is 12.8. The lowest BCUT2D eigenvalue weighted by Crippen LogP contribution is -2.35. The monoisotopic (exact) mass is 362 g/mol. The van der Waals surface area contributed by atoms with Crippen molar-refractivity contribution in [3.8, 4) is 11.3 Å². The molecule has 4 heterocycles. The molecule has 0 aliphatic carbocycles. The largest absolute Gasteiger partial charge is 0.465 e. The van der Waals surface area contributed by atoms with E-state index in [9.17, 15) is 9.90 Å². The Morgan fingerprint density at radius 3 is 2.56 bits per heavy atom. The van der Waals surface area contributed by atoms with E-state index >= 15 is 0 Å². The zero-order valence-electron chi connectivity index (χ0n) is 15.8. The van der Waals surface area contributed by atoms with Crippen LogP contribution in [0.25, 0.3) is 27.9 Å². The van der Waals surface area contributed by atoms with Crippen molar-refractivity contribution in [3.63, 3.8) is 0 Å². The van der Waals surface area contributed by atoms with E-state index in [4.69, 9.17) is 4.98 Å². The number of H-pyrrole nitrogens is 1. The number of aromatic nitrogens is 3. The molecule has 3 aromatic heterocycles. The van der Waals surface area contributed by atoms with Gasteiger partial charge >= 0.3 is 6.09 Å². The van der Waals surface area contributed by atoms with Crippen LogP contribution in [0.5, 0.6) is 0 Å². The first kappa shape index (κ1) is 17.3. The minimum Gasteiger partial charge on any atom is -0.465 e. The third-order valence-electron chi connectivity index (χ3n) is 5.00. The number of nitrogens with one attached hydrogen (secondary N) is 1. The lowest BCUT2D eigenvalue weighted by molar-refractivity contribution is 0.139. The van der Waals surface area contributed by atoms with Gasteiger partial charge in [-0.25, -0.2) is 9.78 Å². The Morgan fingerprint density at radius 2 is 1.93 bits per heavy atom. The maximum atomic E-state index is 11.3. The second-order valence-corrected chi connectivity index (χ2v) is 7.24. The number of carbonyl (C=O) groups is 1. The van der Waals surface area contributed by atoms with Crippen LogP contribution >= 0.6 is 0 Å². The molecule has 4 rings (SSSR count). The Labute approximate surface area is 157 Å². The summed E-state index contributed by atoms with van der Waals surface area (Å²) in [5.74, 6) is 0. The molecule has 138 valence electrons. The predicted octanol–water partition coefficient (Wildman–Crippen LogP) is 4.31. The van der Waals surface area contributed by atoms with Crippen molar-refractivity contribution in [1.29, 1.82) is 0 Å². The molecule has 6 nitrogen and oxygen atoms in total. The number of amides is 1. The van der Waals surface area contributed by atoms with E-state index in [2.05, 4.69) is 34.7 Å². The number of allylic oxidation sites excluding steroid dienone is 1. The summed E-state index contributed by atoms with van der Waals surface area (Å²) in [5.41, 5.74) is 9.58. The fraction of sp³-hybridized carbons (Fsp3) is 0.286. The second kappa shape index (κ2) is 6.23. The Kier molecular flexibility index (Phi) is 3.98. The van der Waals surface area contributed by atoms with Crippen LogP contribution in [0.4, 0.5) is 4.79 Å². The molecule has 2 N–H and O–H groups in total. The van der Waals surface area contributed by atoms with Crippen LogP contribution < -0.4 is 0 Å². The van der Waals surface area contributed by atoms with Gasteiger partial charge < -0.3 is 15.0 Å². The number of aromatic amines is 1. The van der Waals surface area contributed by atoms with Gasteiger partial charge in [0.05, 0.1) is 29.0 Å². The molecule has 1 amide bonds. The zero-order chi connectivity index (χ0) is 19.3. The Balaban J connectivity index is 1.93. The number of pyridine rings is 2. The summed E-state index contributed by atoms with van der Waals surface area (Å²) in [6.45, 7) is 10.9. The van der Waals surface area contributed by atoms with Crippen LogP contribution in [0.15, 0.2) is 24.8 Å². The molecule has 0 saturated heterocycles. The number of aryl methyl sites for hydroxylation is 2. The van der Waals surface area contributed by atoms with Crippen molar-refractivity contribution in [2.75, 3.05) is 6.54 Å². The minimum absolute atomic E-state index is 0.324. The molecule has 0 aromatic carbocycles. The summed E-state index contributed by atoms with van der Waals surface area (Å²) in [7, 11) is 0. The molecule has 1 aliphatic rings. The Morgan fingerprint density at radius 1 is 1.22 bits per heavy atom. The van der Waals surface area contributed by atoms with Crippen LogP contribution in [-0.2, 0) is 13.0 Å². The number of nitrogens with zero attached hydrogens (tertiary/aromatic N) is 3. The van der Waals surface area contributed by atoms with E-state index in [0.717, 1.165) is 56.1 Å². The smallest absolute Gasteiger partial charge is 0.407 e. The molecule has 27 heavy (non-hydrogen) atoms. The lowest BCUT2D eigenvalue weighted by Gasteiger charge is -2.25. The highest BCUT2D eigenvalue weighted by Crippen LogP contribution is 2.35. The van der Waals surface area contributed by atoms with Gasteiger partial charge in [-0.3, -0.25) is 4.98 Å². The van der Waals surface area contributed by atoms with Gasteiger partial charge in [0.2, 0.25) is 0 Å². The van der Waals surface area contributed by atoms with Gasteiger partial charge in [-0.05, 0) is 56.5 Å². The molecule has 0 spiro atoms. The number of carboxylic acid groups (broad SMARTS) is 1. The van der Waals surface area contributed by atoms with Crippen LogP contribution in [-0.4, -0.2) is 37.6 Å². The first-order valence-electron chi connectivity index (χ1n) is 8.97. The maximum absolute atomic E-state index is 11.3. The van der Waals surface area contributed by atoms with Gasteiger partial charge in [0, 0.05) is 29.1 Å². The van der Waals surface area contributed by atoms with Crippen LogP contribution in [0.3, 0.4) is 0 Å². The molecule has 0 fully saturated rings. The number of hydrogen-bond acceptors (Lipinski definition) is 3. The van der Waals surface area contributed by atoms with Crippen molar-refractivity contribution < 1.29 is 9.90 Å². The predicted molar refractivity (Wildman–Crippen MR) is 106 cm³/mol. The van der Waals surface area contributed by atoms with Crippen molar-refractivity contribution in [3.05, 3.63) is 53.0 Å². The molecular weight excluding hydrogens is 340 g/mol. The van der Waals surface area contributed by atoms with Gasteiger partial charge in [0.25, 0.3) is 0 Å². The Hall–Kier alpha value is -3.15. The molecular formula is C21H22N4O2. The molecule has 0 radical (unpaired) electrons. The standard InChI is InChI=1S/C21H22N4O2/c1-11(2)18-19(15-7-12(3)22-13(4)8-15)23-16-9-14-5-6-25(21(26)27)10-17(14)24-20(16)18/h7-9,23H,1,5-6,10H2,2-4H3,(H,26,27). The fourth-order valence-corrected chi connectivity index (χ4v) is 3.84. The zero-order valence-corrected chi connectivity index (χ0v) is 15.8. The first-order valence-corrected chi connectivity index (χ1v) is 8.97.